The highest BCUT2D eigenvalue weighted by molar-refractivity contribution is 6.25. The number of nitrogens with zero attached hydrogens (tertiary/aromatic N) is 2. The molecular weight excluding hydrogens is 552 g/mol. The van der Waals surface area contributed by atoms with Crippen molar-refractivity contribution in [2.75, 3.05) is 5.01 Å². The normalized spacial score (nSPS) is 16.6. The molecule has 0 radical (unpaired) electrons. The zero-order chi connectivity index (χ0) is 30.3. The van der Waals surface area contributed by atoms with Crippen LogP contribution in [0.3, 0.4) is 0 Å². The Labute approximate surface area is 254 Å². The van der Waals surface area contributed by atoms with E-state index in [0.717, 1.165) is 22.0 Å². The second-order valence-corrected chi connectivity index (χ2v) is 11.2. The monoisotopic (exact) mass is 581 g/mol. The van der Waals surface area contributed by atoms with Crippen LogP contribution in [0.5, 0.6) is 0 Å². The van der Waals surface area contributed by atoms with Crippen molar-refractivity contribution in [3.8, 4) is 0 Å². The van der Waals surface area contributed by atoms with Crippen LogP contribution in [0.1, 0.15) is 40.8 Å². The van der Waals surface area contributed by atoms with Gasteiger partial charge in [-0.15, -0.1) is 0 Å². The van der Waals surface area contributed by atoms with Crippen LogP contribution in [0.2, 0.25) is 0 Å². The molecule has 1 aliphatic heterocycles. The van der Waals surface area contributed by atoms with Crippen molar-refractivity contribution < 1.29 is 13.6 Å². The summed E-state index contributed by atoms with van der Waals surface area (Å²) in [5.74, 6) is -1.59. The maximum absolute atomic E-state index is 15.0. The molecule has 44 heavy (non-hydrogen) atoms. The number of aromatic amines is 1. The van der Waals surface area contributed by atoms with E-state index in [4.69, 9.17) is 5.10 Å². The number of hydrogen-bond donors (Lipinski definition) is 1. The number of para-hydroxylation sites is 2. The van der Waals surface area contributed by atoms with Gasteiger partial charge in [0.1, 0.15) is 17.0 Å². The van der Waals surface area contributed by atoms with Gasteiger partial charge < -0.3 is 4.98 Å². The average Bonchev–Trinajstić information content (AvgIpc) is 3.53. The summed E-state index contributed by atoms with van der Waals surface area (Å²) in [4.78, 5) is 18.6. The van der Waals surface area contributed by atoms with E-state index in [1.165, 1.54) is 29.3 Å². The number of benzene rings is 5. The Morgan fingerprint density at radius 1 is 0.750 bits per heavy atom. The van der Waals surface area contributed by atoms with E-state index in [1.54, 1.807) is 12.1 Å². The fraction of sp³-hybridized carbons (Fsp3) is 0.105. The number of rotatable bonds is 7. The highest BCUT2D eigenvalue weighted by Gasteiger charge is 2.54. The second kappa shape index (κ2) is 11.0. The molecule has 0 saturated carbocycles. The molecule has 1 N–H and O–H groups in total. The third-order valence-corrected chi connectivity index (χ3v) is 8.55. The number of aromatic nitrogens is 1. The van der Waals surface area contributed by atoms with Gasteiger partial charge in [-0.25, -0.2) is 8.78 Å². The van der Waals surface area contributed by atoms with Crippen molar-refractivity contribution in [2.24, 2.45) is 5.10 Å². The van der Waals surface area contributed by atoms with Crippen LogP contribution >= 0.6 is 0 Å². The molecule has 1 atom stereocenters. The lowest BCUT2D eigenvalue weighted by Crippen LogP contribution is -2.46. The predicted octanol–water partition coefficient (Wildman–Crippen LogP) is 8.53. The first-order valence-electron chi connectivity index (χ1n) is 14.6. The molecule has 0 saturated heterocycles. The van der Waals surface area contributed by atoms with Crippen LogP contribution in [-0.4, -0.2) is 16.6 Å². The minimum atomic E-state index is -1.22. The number of carbonyl (C=O) groups is 1. The Bertz CT molecular complexity index is 1970. The van der Waals surface area contributed by atoms with Gasteiger partial charge in [-0.1, -0.05) is 91.0 Å². The maximum atomic E-state index is 15.0. The summed E-state index contributed by atoms with van der Waals surface area (Å²) in [6.07, 6.45) is 0.346. The summed E-state index contributed by atoms with van der Waals surface area (Å²) >= 11 is 0. The second-order valence-electron chi connectivity index (χ2n) is 11.2. The quantitative estimate of drug-likeness (QED) is 0.202. The first kappa shape index (κ1) is 27.5. The lowest BCUT2D eigenvalue weighted by molar-refractivity contribution is -0.121. The predicted molar refractivity (Wildman–Crippen MR) is 171 cm³/mol. The van der Waals surface area contributed by atoms with Crippen molar-refractivity contribution >= 4 is 28.2 Å². The molecule has 0 aliphatic carbocycles. The standard InChI is InChI=1S/C38H29F2N3O/c1-25-38(24-26-12-4-2-5-13-26,37(44)43(42-25)31-18-6-3-7-19-31)35-32-20-8-9-21-33(32)41-36(35)34(27-14-10-16-29(39)22-27)28-15-11-17-30(40)23-28/h2-23,34,41H,24H2,1H3/t38-/m1/s1. The first-order chi connectivity index (χ1) is 21.5. The van der Waals surface area contributed by atoms with Gasteiger partial charge in [0.05, 0.1) is 11.4 Å². The Morgan fingerprint density at radius 3 is 1.98 bits per heavy atom. The van der Waals surface area contributed by atoms with E-state index >= 15 is 4.79 Å². The van der Waals surface area contributed by atoms with E-state index in [0.29, 0.717) is 34.6 Å². The van der Waals surface area contributed by atoms with Crippen molar-refractivity contribution in [3.63, 3.8) is 0 Å². The number of hydrazone groups is 1. The Hall–Kier alpha value is -5.36. The van der Waals surface area contributed by atoms with Crippen molar-refractivity contribution in [3.05, 3.63) is 173 Å². The third-order valence-electron chi connectivity index (χ3n) is 8.55. The summed E-state index contributed by atoms with van der Waals surface area (Å²) in [6.45, 7) is 1.90. The molecule has 0 unspecified atom stereocenters. The molecule has 4 nitrogen and oxygen atoms in total. The average molecular weight is 582 g/mol. The van der Waals surface area contributed by atoms with E-state index in [1.807, 2.05) is 104 Å². The highest BCUT2D eigenvalue weighted by Crippen LogP contribution is 2.47. The summed E-state index contributed by atoms with van der Waals surface area (Å²) in [6, 6.07) is 39.9. The molecule has 6 heteroatoms. The van der Waals surface area contributed by atoms with E-state index in [-0.39, 0.29) is 5.91 Å². The topological polar surface area (TPSA) is 48.5 Å². The van der Waals surface area contributed by atoms with Crippen LogP contribution in [0.15, 0.2) is 139 Å². The van der Waals surface area contributed by atoms with Gasteiger partial charge in [0.2, 0.25) is 0 Å². The van der Waals surface area contributed by atoms with Gasteiger partial charge in [-0.05, 0) is 72.5 Å². The Kier molecular flexibility index (Phi) is 6.90. The van der Waals surface area contributed by atoms with Gasteiger partial charge in [0, 0.05) is 28.1 Å². The molecule has 0 spiro atoms. The molecule has 1 aromatic heterocycles. The molecule has 5 aromatic carbocycles. The van der Waals surface area contributed by atoms with Gasteiger partial charge in [-0.2, -0.15) is 10.1 Å². The molecule has 0 bridgehead atoms. The molecule has 1 aliphatic rings. The lowest BCUT2D eigenvalue weighted by Gasteiger charge is -2.32. The van der Waals surface area contributed by atoms with Crippen molar-refractivity contribution in [1.29, 1.82) is 0 Å². The largest absolute Gasteiger partial charge is 0.357 e. The number of amides is 1. The minimum absolute atomic E-state index is 0.187. The summed E-state index contributed by atoms with van der Waals surface area (Å²) in [5.41, 5.74) is 4.59. The number of anilines is 1. The van der Waals surface area contributed by atoms with Crippen LogP contribution in [-0.2, 0) is 16.6 Å². The number of hydrogen-bond acceptors (Lipinski definition) is 2. The molecule has 7 rings (SSSR count). The summed E-state index contributed by atoms with van der Waals surface area (Å²) in [5, 5.41) is 7.24. The lowest BCUT2D eigenvalue weighted by atomic mass is 9.68. The van der Waals surface area contributed by atoms with Crippen LogP contribution in [0.4, 0.5) is 14.5 Å². The van der Waals surface area contributed by atoms with Crippen molar-refractivity contribution in [1.82, 2.24) is 4.98 Å². The first-order valence-corrected chi connectivity index (χ1v) is 14.6. The Balaban J connectivity index is 1.55. The molecule has 6 aromatic rings. The van der Waals surface area contributed by atoms with E-state index in [2.05, 4.69) is 4.98 Å². The fourth-order valence-corrected chi connectivity index (χ4v) is 6.58. The number of nitrogens with one attached hydrogen (secondary N) is 1. The summed E-state index contributed by atoms with van der Waals surface area (Å²) < 4.78 is 29.6. The molecular formula is C38H29F2N3O. The third kappa shape index (κ3) is 4.60. The Morgan fingerprint density at radius 2 is 1.34 bits per heavy atom. The molecule has 0 fully saturated rings. The molecule has 1 amide bonds. The summed E-state index contributed by atoms with van der Waals surface area (Å²) in [7, 11) is 0. The number of fused-ring (bicyclic) bond motifs is 1. The highest BCUT2D eigenvalue weighted by atomic mass is 19.1. The van der Waals surface area contributed by atoms with E-state index in [9.17, 15) is 8.78 Å². The number of carbonyl (C=O) groups excluding carboxylic acids is 1. The zero-order valence-corrected chi connectivity index (χ0v) is 24.0. The zero-order valence-electron chi connectivity index (χ0n) is 24.0. The minimum Gasteiger partial charge on any atom is -0.357 e. The van der Waals surface area contributed by atoms with Gasteiger partial charge in [-0.3, -0.25) is 4.79 Å². The molecule has 2 heterocycles. The van der Waals surface area contributed by atoms with Gasteiger partial charge in [0.15, 0.2) is 0 Å². The maximum Gasteiger partial charge on any atom is 0.264 e. The number of H-pyrrole nitrogens is 1. The molecule has 216 valence electrons. The van der Waals surface area contributed by atoms with Crippen LogP contribution in [0, 0.1) is 11.6 Å². The van der Waals surface area contributed by atoms with Crippen molar-refractivity contribution in [2.45, 2.75) is 24.7 Å². The van der Waals surface area contributed by atoms with Gasteiger partial charge in [0.25, 0.3) is 5.91 Å². The SMILES string of the molecule is CC1=NN(c2ccccc2)C(=O)[C@@]1(Cc1ccccc1)c1c(C(c2cccc(F)c2)c2cccc(F)c2)[nH]c2ccccc12. The van der Waals surface area contributed by atoms with Crippen LogP contribution in [0.25, 0.3) is 10.9 Å². The van der Waals surface area contributed by atoms with Crippen LogP contribution < -0.4 is 5.01 Å². The number of halogens is 2. The van der Waals surface area contributed by atoms with Gasteiger partial charge >= 0.3 is 0 Å². The smallest absolute Gasteiger partial charge is 0.264 e. The fourth-order valence-electron chi connectivity index (χ4n) is 6.58. The van der Waals surface area contributed by atoms with E-state index < -0.39 is 23.0 Å².